The number of nitrogen functional groups attached to an aromatic ring is 1. The van der Waals surface area contributed by atoms with E-state index in [9.17, 15) is 4.79 Å². The summed E-state index contributed by atoms with van der Waals surface area (Å²) >= 11 is 0. The number of hydrogen-bond acceptors (Lipinski definition) is 4. The Hall–Kier alpha value is -1.85. The van der Waals surface area contributed by atoms with E-state index >= 15 is 0 Å². The van der Waals surface area contributed by atoms with Crippen LogP contribution in [0.15, 0.2) is 10.9 Å². The second-order valence-corrected chi connectivity index (χ2v) is 2.68. The summed E-state index contributed by atoms with van der Waals surface area (Å²) in [5.74, 6) is 0.514. The van der Waals surface area contributed by atoms with Crippen LogP contribution in [0.4, 0.5) is 5.95 Å². The van der Waals surface area contributed by atoms with Crippen molar-refractivity contribution in [3.05, 3.63) is 22.1 Å². The van der Waals surface area contributed by atoms with E-state index in [2.05, 4.69) is 15.1 Å². The first-order valence-electron chi connectivity index (χ1n) is 3.95. The zero-order valence-electron chi connectivity index (χ0n) is 7.11. The molecular weight excluding hydrogens is 170 g/mol. The van der Waals surface area contributed by atoms with Crippen LogP contribution in [-0.4, -0.2) is 19.6 Å². The highest BCUT2D eigenvalue weighted by molar-refractivity contribution is 5.33. The standard InChI is InChI=1S/C7H9N5O/c1-2-4-3-5(13)12-7(9-4)10-6(8)11-12/h3H,2H2,1H3,(H3,8,9,10,11). The van der Waals surface area contributed by atoms with Gasteiger partial charge in [-0.25, -0.2) is 4.98 Å². The van der Waals surface area contributed by atoms with Gasteiger partial charge in [0, 0.05) is 11.8 Å². The molecule has 0 atom stereocenters. The first kappa shape index (κ1) is 7.78. The maximum Gasteiger partial charge on any atom is 0.274 e. The molecule has 0 spiro atoms. The predicted molar refractivity (Wildman–Crippen MR) is 47.4 cm³/mol. The van der Waals surface area contributed by atoms with E-state index in [0.29, 0.717) is 12.2 Å². The number of hydrogen-bond donors (Lipinski definition) is 2. The number of nitrogens with zero attached hydrogens (tertiary/aromatic N) is 3. The number of H-pyrrole nitrogens is 1. The third-order valence-electron chi connectivity index (χ3n) is 1.76. The fraction of sp³-hybridized carbons (Fsp3) is 0.286. The molecule has 0 aliphatic heterocycles. The third-order valence-corrected chi connectivity index (χ3v) is 1.76. The average molecular weight is 179 g/mol. The largest absolute Gasteiger partial charge is 0.368 e. The van der Waals surface area contributed by atoms with Gasteiger partial charge in [0.15, 0.2) is 0 Å². The molecule has 0 aliphatic rings. The molecule has 2 rings (SSSR count). The van der Waals surface area contributed by atoms with Crippen LogP contribution in [0.3, 0.4) is 0 Å². The monoisotopic (exact) mass is 179 g/mol. The van der Waals surface area contributed by atoms with Gasteiger partial charge in [0.1, 0.15) is 0 Å². The summed E-state index contributed by atoms with van der Waals surface area (Å²) < 4.78 is 1.22. The topological polar surface area (TPSA) is 89.1 Å². The van der Waals surface area contributed by atoms with Crippen LogP contribution >= 0.6 is 0 Å². The van der Waals surface area contributed by atoms with Crippen molar-refractivity contribution in [1.29, 1.82) is 0 Å². The third kappa shape index (κ3) is 1.16. The van der Waals surface area contributed by atoms with Crippen molar-refractivity contribution in [3.63, 3.8) is 0 Å². The highest BCUT2D eigenvalue weighted by Gasteiger charge is 2.04. The number of nitrogens with one attached hydrogen (secondary N) is 1. The van der Waals surface area contributed by atoms with Gasteiger partial charge >= 0.3 is 0 Å². The Morgan fingerprint density at radius 1 is 1.62 bits per heavy atom. The van der Waals surface area contributed by atoms with Crippen molar-refractivity contribution in [2.45, 2.75) is 13.3 Å². The van der Waals surface area contributed by atoms with Crippen LogP contribution in [0.2, 0.25) is 0 Å². The summed E-state index contributed by atoms with van der Waals surface area (Å²) in [4.78, 5) is 19.3. The van der Waals surface area contributed by atoms with E-state index in [1.807, 2.05) is 6.92 Å². The molecular formula is C7H9N5O. The smallest absolute Gasteiger partial charge is 0.274 e. The Kier molecular flexibility index (Phi) is 1.54. The Bertz CT molecular complexity index is 497. The SMILES string of the molecule is CCc1cc(=O)n2[nH]c(N)nc2n1. The van der Waals surface area contributed by atoms with Crippen LogP contribution in [0.1, 0.15) is 12.6 Å². The van der Waals surface area contributed by atoms with Crippen molar-refractivity contribution in [3.8, 4) is 0 Å². The number of nitrogens with two attached hydrogens (primary N) is 1. The fourth-order valence-electron chi connectivity index (χ4n) is 1.12. The zero-order chi connectivity index (χ0) is 9.42. The number of rotatable bonds is 1. The lowest BCUT2D eigenvalue weighted by Gasteiger charge is -1.93. The summed E-state index contributed by atoms with van der Waals surface area (Å²) in [5.41, 5.74) is 5.91. The van der Waals surface area contributed by atoms with Gasteiger partial charge in [-0.3, -0.25) is 9.89 Å². The molecule has 3 N–H and O–H groups in total. The van der Waals surface area contributed by atoms with Gasteiger partial charge in [0.25, 0.3) is 11.3 Å². The molecule has 2 aromatic rings. The van der Waals surface area contributed by atoms with Crippen molar-refractivity contribution in [1.82, 2.24) is 19.6 Å². The molecule has 0 saturated heterocycles. The normalized spacial score (nSPS) is 10.8. The summed E-state index contributed by atoms with van der Waals surface area (Å²) in [6, 6.07) is 1.46. The Balaban J connectivity index is 2.83. The van der Waals surface area contributed by atoms with E-state index < -0.39 is 0 Å². The van der Waals surface area contributed by atoms with Crippen LogP contribution in [0.25, 0.3) is 5.78 Å². The van der Waals surface area contributed by atoms with Crippen molar-refractivity contribution in [2.24, 2.45) is 0 Å². The maximum absolute atomic E-state index is 11.4. The summed E-state index contributed by atoms with van der Waals surface area (Å²) in [5, 5.41) is 2.59. The zero-order valence-corrected chi connectivity index (χ0v) is 7.11. The lowest BCUT2D eigenvalue weighted by Crippen LogP contribution is -2.15. The number of anilines is 1. The number of aromatic amines is 1. The van der Waals surface area contributed by atoms with E-state index in [-0.39, 0.29) is 11.5 Å². The molecule has 2 aromatic heterocycles. The van der Waals surface area contributed by atoms with Gasteiger partial charge in [0.2, 0.25) is 5.95 Å². The van der Waals surface area contributed by atoms with Gasteiger partial charge in [-0.05, 0) is 6.42 Å². The minimum Gasteiger partial charge on any atom is -0.368 e. The van der Waals surface area contributed by atoms with Gasteiger partial charge in [-0.15, -0.1) is 0 Å². The molecule has 13 heavy (non-hydrogen) atoms. The molecule has 0 aromatic carbocycles. The maximum atomic E-state index is 11.4. The molecule has 0 radical (unpaired) electrons. The van der Waals surface area contributed by atoms with Crippen LogP contribution < -0.4 is 11.3 Å². The Morgan fingerprint density at radius 3 is 3.08 bits per heavy atom. The van der Waals surface area contributed by atoms with Crippen molar-refractivity contribution < 1.29 is 0 Å². The van der Waals surface area contributed by atoms with Crippen LogP contribution in [0, 0.1) is 0 Å². The molecule has 0 fully saturated rings. The molecule has 0 bridgehead atoms. The summed E-state index contributed by atoms with van der Waals surface area (Å²) in [6.45, 7) is 1.92. The molecule has 0 unspecified atom stereocenters. The number of aromatic nitrogens is 4. The first-order chi connectivity index (χ1) is 6.20. The van der Waals surface area contributed by atoms with Crippen LogP contribution in [0.5, 0.6) is 0 Å². The number of fused-ring (bicyclic) bond motifs is 1. The van der Waals surface area contributed by atoms with Gasteiger partial charge in [0.05, 0.1) is 0 Å². The molecule has 6 nitrogen and oxygen atoms in total. The Labute approximate surface area is 73.4 Å². The number of aryl methyl sites for hydroxylation is 1. The van der Waals surface area contributed by atoms with Gasteiger partial charge in [-0.1, -0.05) is 6.92 Å². The minimum absolute atomic E-state index is 0.189. The first-order valence-corrected chi connectivity index (χ1v) is 3.95. The molecule has 0 amide bonds. The fourth-order valence-corrected chi connectivity index (χ4v) is 1.12. The second kappa shape index (κ2) is 2.58. The van der Waals surface area contributed by atoms with Gasteiger partial charge in [-0.2, -0.15) is 9.50 Å². The second-order valence-electron chi connectivity index (χ2n) is 2.68. The quantitative estimate of drug-likeness (QED) is 0.621. The molecule has 0 saturated carbocycles. The predicted octanol–water partition coefficient (Wildman–Crippen LogP) is -0.438. The highest BCUT2D eigenvalue weighted by Crippen LogP contribution is 1.97. The summed E-state index contributed by atoms with van der Waals surface area (Å²) in [6.07, 6.45) is 0.707. The molecule has 2 heterocycles. The highest BCUT2D eigenvalue weighted by atomic mass is 16.1. The molecule has 68 valence electrons. The summed E-state index contributed by atoms with van der Waals surface area (Å²) in [7, 11) is 0. The van der Waals surface area contributed by atoms with E-state index in [4.69, 9.17) is 5.73 Å². The van der Waals surface area contributed by atoms with E-state index in [1.165, 1.54) is 10.6 Å². The Morgan fingerprint density at radius 2 is 2.38 bits per heavy atom. The molecule has 6 heteroatoms. The van der Waals surface area contributed by atoms with E-state index in [1.54, 1.807) is 0 Å². The minimum atomic E-state index is -0.189. The lowest BCUT2D eigenvalue weighted by atomic mass is 10.3. The van der Waals surface area contributed by atoms with Gasteiger partial charge < -0.3 is 5.73 Å². The van der Waals surface area contributed by atoms with Crippen LogP contribution in [-0.2, 0) is 6.42 Å². The average Bonchev–Trinajstić information content (AvgIpc) is 2.46. The van der Waals surface area contributed by atoms with Crippen molar-refractivity contribution in [2.75, 3.05) is 5.73 Å². The molecule has 0 aliphatic carbocycles. The van der Waals surface area contributed by atoms with Crippen molar-refractivity contribution >= 4 is 11.7 Å². The van der Waals surface area contributed by atoms with E-state index in [0.717, 1.165) is 5.69 Å². The lowest BCUT2D eigenvalue weighted by molar-refractivity contribution is 0.878.